The van der Waals surface area contributed by atoms with Gasteiger partial charge in [0.2, 0.25) is 0 Å². The first-order valence-electron chi connectivity index (χ1n) is 6.16. The van der Waals surface area contributed by atoms with E-state index in [2.05, 4.69) is 24.3 Å². The van der Waals surface area contributed by atoms with Crippen LogP contribution in [0.25, 0.3) is 0 Å². The fraction of sp³-hybridized carbons (Fsp3) is 0.750. The lowest BCUT2D eigenvalue weighted by Crippen LogP contribution is -2.19. The van der Waals surface area contributed by atoms with Crippen molar-refractivity contribution in [2.45, 2.75) is 45.2 Å². The normalized spacial score (nSPS) is 15.7. The lowest BCUT2D eigenvalue weighted by molar-refractivity contribution is 0.307. The van der Waals surface area contributed by atoms with E-state index in [0.717, 1.165) is 31.4 Å². The van der Waals surface area contributed by atoms with Gasteiger partial charge in [0.05, 0.1) is 19.0 Å². The van der Waals surface area contributed by atoms with Crippen molar-refractivity contribution in [3.8, 4) is 5.75 Å². The van der Waals surface area contributed by atoms with E-state index in [1.54, 1.807) is 6.20 Å². The third kappa shape index (κ3) is 3.52. The highest BCUT2D eigenvalue weighted by atomic mass is 16.5. The van der Waals surface area contributed by atoms with E-state index < -0.39 is 0 Å². The Balaban J connectivity index is 1.60. The van der Waals surface area contributed by atoms with Crippen molar-refractivity contribution >= 4 is 0 Å². The van der Waals surface area contributed by atoms with Crippen molar-refractivity contribution in [3.05, 3.63) is 12.4 Å². The average molecular weight is 223 g/mol. The molecule has 1 N–H and O–H groups in total. The number of nitrogens with zero attached hydrogens (tertiary/aromatic N) is 2. The molecule has 0 unspecified atom stereocenters. The van der Waals surface area contributed by atoms with Crippen molar-refractivity contribution in [2.24, 2.45) is 0 Å². The number of ether oxygens (including phenoxy) is 1. The van der Waals surface area contributed by atoms with Gasteiger partial charge in [-0.15, -0.1) is 0 Å². The third-order valence-electron chi connectivity index (χ3n) is 2.71. The van der Waals surface area contributed by atoms with E-state index >= 15 is 0 Å². The average Bonchev–Trinajstić information content (AvgIpc) is 2.94. The lowest BCUT2D eigenvalue weighted by atomic mass is 10.4. The Morgan fingerprint density at radius 1 is 1.56 bits per heavy atom. The van der Waals surface area contributed by atoms with Gasteiger partial charge in [-0.05, 0) is 39.7 Å². The molecule has 0 radical (unpaired) electrons. The predicted octanol–water partition coefficient (Wildman–Crippen LogP) is 1.98. The lowest BCUT2D eigenvalue weighted by Gasteiger charge is -2.05. The molecule has 2 rings (SSSR count). The van der Waals surface area contributed by atoms with Crippen molar-refractivity contribution in [1.82, 2.24) is 15.1 Å². The Labute approximate surface area is 97.0 Å². The number of nitrogens with one attached hydrogen (secondary N) is 1. The summed E-state index contributed by atoms with van der Waals surface area (Å²) < 4.78 is 7.53. The summed E-state index contributed by atoms with van der Waals surface area (Å²) in [7, 11) is 0. The molecule has 0 spiro atoms. The first-order valence-corrected chi connectivity index (χ1v) is 6.16. The number of hydrogen-bond donors (Lipinski definition) is 1. The van der Waals surface area contributed by atoms with Crippen LogP contribution >= 0.6 is 0 Å². The summed E-state index contributed by atoms with van der Waals surface area (Å²) in [6.45, 7) is 6.04. The monoisotopic (exact) mass is 223 g/mol. The Kier molecular flexibility index (Phi) is 3.83. The molecule has 4 nitrogen and oxygen atoms in total. The smallest absolute Gasteiger partial charge is 0.157 e. The van der Waals surface area contributed by atoms with Crippen LogP contribution in [0.1, 0.15) is 39.2 Å². The summed E-state index contributed by atoms with van der Waals surface area (Å²) in [5, 5.41) is 7.69. The van der Waals surface area contributed by atoms with Crippen LogP contribution in [0.2, 0.25) is 0 Å². The van der Waals surface area contributed by atoms with Crippen LogP contribution in [0.15, 0.2) is 12.4 Å². The highest BCUT2D eigenvalue weighted by molar-refractivity contribution is 5.11. The Bertz CT molecular complexity index is 318. The highest BCUT2D eigenvalue weighted by Gasteiger charge is 2.19. The summed E-state index contributed by atoms with van der Waals surface area (Å²) in [4.78, 5) is 0. The van der Waals surface area contributed by atoms with E-state index in [0.29, 0.717) is 6.04 Å². The maximum Gasteiger partial charge on any atom is 0.157 e. The van der Waals surface area contributed by atoms with Crippen molar-refractivity contribution in [1.29, 1.82) is 0 Å². The van der Waals surface area contributed by atoms with E-state index in [1.165, 1.54) is 12.8 Å². The molecule has 0 aliphatic heterocycles. The van der Waals surface area contributed by atoms with Gasteiger partial charge in [0.25, 0.3) is 0 Å². The molecule has 90 valence electrons. The summed E-state index contributed by atoms with van der Waals surface area (Å²) in [5.74, 6) is 0.875. The third-order valence-corrected chi connectivity index (χ3v) is 2.71. The van der Waals surface area contributed by atoms with Gasteiger partial charge < -0.3 is 10.1 Å². The van der Waals surface area contributed by atoms with E-state index in [4.69, 9.17) is 4.74 Å². The largest absolute Gasteiger partial charge is 0.490 e. The zero-order chi connectivity index (χ0) is 11.4. The molecule has 16 heavy (non-hydrogen) atoms. The molecule has 1 heterocycles. The molecule has 0 bridgehead atoms. The predicted molar refractivity (Wildman–Crippen MR) is 63.7 cm³/mol. The van der Waals surface area contributed by atoms with E-state index in [1.807, 2.05) is 10.9 Å². The van der Waals surface area contributed by atoms with Gasteiger partial charge in [-0.25, -0.2) is 0 Å². The second-order valence-corrected chi connectivity index (χ2v) is 4.68. The Hall–Kier alpha value is -1.03. The molecule has 1 saturated carbocycles. The minimum absolute atomic E-state index is 0.397. The number of hydrogen-bond acceptors (Lipinski definition) is 3. The van der Waals surface area contributed by atoms with Gasteiger partial charge in [0, 0.05) is 12.1 Å². The quantitative estimate of drug-likeness (QED) is 0.718. The summed E-state index contributed by atoms with van der Waals surface area (Å²) in [6, 6.07) is 1.19. The zero-order valence-electron chi connectivity index (χ0n) is 10.1. The summed E-state index contributed by atoms with van der Waals surface area (Å²) in [5.41, 5.74) is 0. The minimum atomic E-state index is 0.397. The Morgan fingerprint density at radius 2 is 2.38 bits per heavy atom. The van der Waals surface area contributed by atoms with Crippen LogP contribution in [-0.4, -0.2) is 29.0 Å². The maximum atomic E-state index is 5.62. The molecule has 0 amide bonds. The minimum Gasteiger partial charge on any atom is -0.490 e. The van der Waals surface area contributed by atoms with Crippen LogP contribution in [-0.2, 0) is 0 Å². The van der Waals surface area contributed by atoms with Gasteiger partial charge in [-0.2, -0.15) is 5.10 Å². The fourth-order valence-electron chi connectivity index (χ4n) is 1.53. The van der Waals surface area contributed by atoms with Crippen LogP contribution in [0, 0.1) is 0 Å². The molecule has 1 aliphatic rings. The van der Waals surface area contributed by atoms with Gasteiger partial charge in [0.1, 0.15) is 0 Å². The van der Waals surface area contributed by atoms with Crippen LogP contribution < -0.4 is 10.1 Å². The number of aromatic nitrogens is 2. The van der Waals surface area contributed by atoms with Crippen LogP contribution in [0.3, 0.4) is 0 Å². The van der Waals surface area contributed by atoms with Crippen molar-refractivity contribution < 1.29 is 4.74 Å². The van der Waals surface area contributed by atoms with Gasteiger partial charge in [0.15, 0.2) is 5.75 Å². The molecule has 1 aliphatic carbocycles. The first kappa shape index (κ1) is 11.5. The van der Waals surface area contributed by atoms with E-state index in [-0.39, 0.29) is 0 Å². The first-order chi connectivity index (χ1) is 7.75. The summed E-state index contributed by atoms with van der Waals surface area (Å²) >= 11 is 0. The molecule has 0 atom stereocenters. The number of rotatable bonds is 7. The van der Waals surface area contributed by atoms with Gasteiger partial charge in [-0.3, -0.25) is 4.68 Å². The second kappa shape index (κ2) is 5.34. The van der Waals surface area contributed by atoms with Crippen LogP contribution in [0.4, 0.5) is 0 Å². The second-order valence-electron chi connectivity index (χ2n) is 4.68. The van der Waals surface area contributed by atoms with Crippen molar-refractivity contribution in [3.63, 3.8) is 0 Å². The van der Waals surface area contributed by atoms with Gasteiger partial charge >= 0.3 is 0 Å². The standard InChI is InChI=1S/C12H21N3O/c1-10(2)15-9-12(8-14-15)16-7-3-6-13-11-4-5-11/h8-11,13H,3-7H2,1-2H3. The topological polar surface area (TPSA) is 39.1 Å². The summed E-state index contributed by atoms with van der Waals surface area (Å²) in [6.07, 6.45) is 7.50. The molecule has 1 aromatic rings. The molecule has 4 heteroatoms. The molecular weight excluding hydrogens is 202 g/mol. The highest BCUT2D eigenvalue weighted by Crippen LogP contribution is 2.18. The molecular formula is C12H21N3O. The molecule has 1 aromatic heterocycles. The fourth-order valence-corrected chi connectivity index (χ4v) is 1.53. The maximum absolute atomic E-state index is 5.62. The SMILES string of the molecule is CC(C)n1cc(OCCCNC2CC2)cn1. The molecule has 1 fully saturated rings. The van der Waals surface area contributed by atoms with Crippen LogP contribution in [0.5, 0.6) is 5.75 Å². The molecule has 0 saturated heterocycles. The van der Waals surface area contributed by atoms with E-state index in [9.17, 15) is 0 Å². The van der Waals surface area contributed by atoms with Gasteiger partial charge in [-0.1, -0.05) is 0 Å². The molecule has 0 aromatic carbocycles. The zero-order valence-corrected chi connectivity index (χ0v) is 10.1. The Morgan fingerprint density at radius 3 is 3.00 bits per heavy atom. The van der Waals surface area contributed by atoms with Crippen molar-refractivity contribution in [2.75, 3.05) is 13.2 Å².